The van der Waals surface area contributed by atoms with E-state index in [0.717, 1.165) is 12.1 Å². The lowest BCUT2D eigenvalue weighted by molar-refractivity contribution is -0.137. The van der Waals surface area contributed by atoms with Crippen LogP contribution in [0.5, 0.6) is 11.5 Å². The fourth-order valence-corrected chi connectivity index (χ4v) is 2.25. The molecule has 0 fully saturated rings. The van der Waals surface area contributed by atoms with E-state index >= 15 is 0 Å². The van der Waals surface area contributed by atoms with Gasteiger partial charge in [-0.1, -0.05) is 12.1 Å². The summed E-state index contributed by atoms with van der Waals surface area (Å²) >= 11 is 0. The van der Waals surface area contributed by atoms with Crippen molar-refractivity contribution < 1.29 is 27.4 Å². The molecule has 1 aliphatic rings. The third-order valence-electron chi connectivity index (χ3n) is 3.28. The summed E-state index contributed by atoms with van der Waals surface area (Å²) in [4.78, 5) is 11.6. The van der Waals surface area contributed by atoms with Gasteiger partial charge in [0, 0.05) is 0 Å². The van der Waals surface area contributed by atoms with Gasteiger partial charge in [0.05, 0.1) is 11.1 Å². The Morgan fingerprint density at radius 1 is 1.09 bits per heavy atom. The number of fused-ring (bicyclic) bond motifs is 1. The largest absolute Gasteiger partial charge is 0.454 e. The molecule has 2 aromatic carbocycles. The molecule has 0 saturated carbocycles. The van der Waals surface area contributed by atoms with Crippen LogP contribution in [0.4, 0.5) is 13.2 Å². The smallest absolute Gasteiger partial charge is 0.416 e. The molecule has 22 heavy (non-hydrogen) atoms. The summed E-state index contributed by atoms with van der Waals surface area (Å²) in [5.74, 6) is -0.0624. The maximum atomic E-state index is 12.8. The van der Waals surface area contributed by atoms with Gasteiger partial charge >= 0.3 is 6.18 Å². The van der Waals surface area contributed by atoms with Gasteiger partial charge in [-0.25, -0.2) is 0 Å². The van der Waals surface area contributed by atoms with Crippen LogP contribution in [0.3, 0.4) is 0 Å². The van der Waals surface area contributed by atoms with E-state index in [-0.39, 0.29) is 23.5 Å². The van der Waals surface area contributed by atoms with Gasteiger partial charge in [0.2, 0.25) is 12.7 Å². The number of benzene rings is 2. The molecule has 0 unspecified atom stereocenters. The third-order valence-corrected chi connectivity index (χ3v) is 3.28. The Morgan fingerprint density at radius 2 is 1.77 bits per heavy atom. The van der Waals surface area contributed by atoms with Crippen LogP contribution in [-0.4, -0.2) is 12.7 Å². The monoisotopic (exact) mass is 309 g/mol. The Hall–Kier alpha value is -2.70. The Morgan fingerprint density at radius 3 is 2.41 bits per heavy atom. The molecule has 1 heterocycles. The lowest BCUT2D eigenvalue weighted by Gasteiger charge is -2.12. The number of halogens is 3. The molecule has 0 radical (unpaired) electrons. The third kappa shape index (κ3) is 2.45. The number of carbonyl (C=O) groups is 1. The van der Waals surface area contributed by atoms with Crippen LogP contribution < -0.4 is 15.2 Å². The van der Waals surface area contributed by atoms with E-state index in [1.54, 1.807) is 0 Å². The van der Waals surface area contributed by atoms with Crippen LogP contribution >= 0.6 is 0 Å². The van der Waals surface area contributed by atoms with Crippen molar-refractivity contribution in [1.82, 2.24) is 0 Å². The lowest BCUT2D eigenvalue weighted by Crippen LogP contribution is -2.12. The second kappa shape index (κ2) is 4.94. The van der Waals surface area contributed by atoms with Crippen LogP contribution in [0.25, 0.3) is 11.1 Å². The van der Waals surface area contributed by atoms with Crippen LogP contribution in [0, 0.1) is 0 Å². The molecule has 4 nitrogen and oxygen atoms in total. The molecule has 0 atom stereocenters. The highest BCUT2D eigenvalue weighted by Crippen LogP contribution is 2.40. The summed E-state index contributed by atoms with van der Waals surface area (Å²) in [5.41, 5.74) is 5.07. The molecule has 114 valence electrons. The molecule has 0 bridgehead atoms. The van der Waals surface area contributed by atoms with Crippen LogP contribution in [0.1, 0.15) is 15.9 Å². The SMILES string of the molecule is NC(=O)c1cc2c(cc1-c1cccc(C(F)(F)F)c1)OCO2. The van der Waals surface area contributed by atoms with Crippen molar-refractivity contribution >= 4 is 5.91 Å². The minimum Gasteiger partial charge on any atom is -0.454 e. The first-order valence-electron chi connectivity index (χ1n) is 6.27. The Balaban J connectivity index is 2.18. The van der Waals surface area contributed by atoms with Gasteiger partial charge in [0.15, 0.2) is 11.5 Å². The highest BCUT2D eigenvalue weighted by Gasteiger charge is 2.31. The van der Waals surface area contributed by atoms with Crippen molar-refractivity contribution in [3.05, 3.63) is 47.5 Å². The summed E-state index contributed by atoms with van der Waals surface area (Å²) in [6.07, 6.45) is -4.47. The maximum absolute atomic E-state index is 12.8. The lowest BCUT2D eigenvalue weighted by atomic mass is 9.97. The summed E-state index contributed by atoms with van der Waals surface area (Å²) < 4.78 is 48.8. The zero-order valence-electron chi connectivity index (χ0n) is 11.1. The first-order valence-corrected chi connectivity index (χ1v) is 6.27. The Bertz CT molecular complexity index is 756. The summed E-state index contributed by atoms with van der Waals surface area (Å²) in [5, 5.41) is 0. The highest BCUT2D eigenvalue weighted by atomic mass is 19.4. The van der Waals surface area contributed by atoms with Gasteiger partial charge in [0.1, 0.15) is 0 Å². The average Bonchev–Trinajstić information content (AvgIpc) is 2.92. The molecule has 1 amide bonds. The number of primary amides is 1. The zero-order valence-corrected chi connectivity index (χ0v) is 11.1. The highest BCUT2D eigenvalue weighted by molar-refractivity contribution is 6.01. The molecule has 0 spiro atoms. The number of hydrogen-bond donors (Lipinski definition) is 1. The number of ether oxygens (including phenoxy) is 2. The first-order chi connectivity index (χ1) is 10.4. The quantitative estimate of drug-likeness (QED) is 0.926. The van der Waals surface area contributed by atoms with E-state index in [2.05, 4.69) is 0 Å². The number of hydrogen-bond acceptors (Lipinski definition) is 3. The Kier molecular flexibility index (Phi) is 3.20. The van der Waals surface area contributed by atoms with Gasteiger partial charge in [-0.15, -0.1) is 0 Å². The fourth-order valence-electron chi connectivity index (χ4n) is 2.25. The van der Waals surface area contributed by atoms with Gasteiger partial charge in [-0.3, -0.25) is 4.79 Å². The molecule has 0 saturated heterocycles. The maximum Gasteiger partial charge on any atom is 0.416 e. The summed E-state index contributed by atoms with van der Waals surface area (Å²) in [6.45, 7) is -0.0143. The van der Waals surface area contributed by atoms with E-state index in [9.17, 15) is 18.0 Å². The standard InChI is InChI=1S/C15H10F3NO3/c16-15(17,18)9-3-1-2-8(4-9)10-5-12-13(22-7-21-12)6-11(10)14(19)20/h1-6H,7H2,(H2,19,20). The molecular formula is C15H10F3NO3. The van der Waals surface area contributed by atoms with E-state index in [0.29, 0.717) is 11.5 Å². The van der Waals surface area contributed by atoms with Crippen LogP contribution in [0.2, 0.25) is 0 Å². The van der Waals surface area contributed by atoms with Crippen molar-refractivity contribution in [3.63, 3.8) is 0 Å². The van der Waals surface area contributed by atoms with E-state index in [1.807, 2.05) is 0 Å². The predicted octanol–water partition coefficient (Wildman–Crippen LogP) is 3.20. The normalized spacial score (nSPS) is 13.2. The molecule has 2 aromatic rings. The van der Waals surface area contributed by atoms with Crippen molar-refractivity contribution in [2.75, 3.05) is 6.79 Å². The van der Waals surface area contributed by atoms with Gasteiger partial charge in [0.25, 0.3) is 0 Å². The number of nitrogens with two attached hydrogens (primary N) is 1. The average molecular weight is 309 g/mol. The molecule has 3 rings (SSSR count). The predicted molar refractivity (Wildman–Crippen MR) is 71.5 cm³/mol. The van der Waals surface area contributed by atoms with Gasteiger partial charge < -0.3 is 15.2 Å². The number of alkyl halides is 3. The van der Waals surface area contributed by atoms with Crippen LogP contribution in [0.15, 0.2) is 36.4 Å². The summed E-state index contributed by atoms with van der Waals surface area (Å²) in [7, 11) is 0. The first kappa shape index (κ1) is 14.2. The van der Waals surface area contributed by atoms with Gasteiger partial charge in [-0.2, -0.15) is 13.2 Å². The van der Waals surface area contributed by atoms with Crippen molar-refractivity contribution in [2.24, 2.45) is 5.73 Å². The minimum atomic E-state index is -4.47. The van der Waals surface area contributed by atoms with Crippen molar-refractivity contribution in [2.45, 2.75) is 6.18 Å². The van der Waals surface area contributed by atoms with E-state index in [4.69, 9.17) is 15.2 Å². The zero-order chi connectivity index (χ0) is 15.9. The minimum absolute atomic E-state index is 0.0143. The Labute approximate surface area is 123 Å². The molecule has 0 aromatic heterocycles. The molecular weight excluding hydrogens is 299 g/mol. The van der Waals surface area contributed by atoms with E-state index in [1.165, 1.54) is 24.3 Å². The van der Waals surface area contributed by atoms with Crippen molar-refractivity contribution in [3.8, 4) is 22.6 Å². The fraction of sp³-hybridized carbons (Fsp3) is 0.133. The second-order valence-electron chi connectivity index (χ2n) is 4.69. The number of carbonyl (C=O) groups excluding carboxylic acids is 1. The van der Waals surface area contributed by atoms with Crippen molar-refractivity contribution in [1.29, 1.82) is 0 Å². The number of rotatable bonds is 2. The summed E-state index contributed by atoms with van der Waals surface area (Å²) in [6, 6.07) is 7.50. The molecule has 1 aliphatic heterocycles. The molecule has 7 heteroatoms. The molecule has 0 aliphatic carbocycles. The van der Waals surface area contributed by atoms with Gasteiger partial charge in [-0.05, 0) is 35.4 Å². The van der Waals surface area contributed by atoms with Crippen LogP contribution in [-0.2, 0) is 6.18 Å². The molecule has 2 N–H and O–H groups in total. The number of amides is 1. The topological polar surface area (TPSA) is 61.6 Å². The second-order valence-corrected chi connectivity index (χ2v) is 4.69. The van der Waals surface area contributed by atoms with E-state index < -0.39 is 17.6 Å².